The van der Waals surface area contributed by atoms with Gasteiger partial charge in [-0.1, -0.05) is 20.8 Å². The summed E-state index contributed by atoms with van der Waals surface area (Å²) in [5.74, 6) is 1.54. The number of nitrogens with one attached hydrogen (secondary N) is 1. The van der Waals surface area contributed by atoms with Gasteiger partial charge in [0.1, 0.15) is 5.58 Å². The number of carbonyl (C=O) groups excluding carboxylic acids is 1. The molecule has 4 N–H and O–H groups in total. The van der Waals surface area contributed by atoms with Gasteiger partial charge < -0.3 is 25.1 Å². The number of amides is 1. The van der Waals surface area contributed by atoms with Crippen LogP contribution in [0.2, 0.25) is 0 Å². The van der Waals surface area contributed by atoms with E-state index in [1.54, 1.807) is 6.07 Å². The number of hydrogen-bond donors (Lipinski definition) is 4. The van der Waals surface area contributed by atoms with E-state index in [4.69, 9.17) is 4.42 Å². The molecule has 2 unspecified atom stereocenters. The molecule has 1 aromatic heterocycles. The van der Waals surface area contributed by atoms with Crippen LogP contribution >= 0.6 is 0 Å². The lowest BCUT2D eigenvalue weighted by Crippen LogP contribution is -2.62. The third kappa shape index (κ3) is 4.76. The third-order valence-corrected chi connectivity index (χ3v) is 12.6. The van der Waals surface area contributed by atoms with Gasteiger partial charge in [-0.15, -0.1) is 0 Å². The zero-order chi connectivity index (χ0) is 29.3. The maximum Gasteiger partial charge on any atom is 0.336 e. The van der Waals surface area contributed by atoms with E-state index in [-0.39, 0.29) is 52.6 Å². The van der Waals surface area contributed by atoms with Crippen molar-refractivity contribution in [2.45, 2.75) is 104 Å². The monoisotopic (exact) mass is 565 g/mol. The highest BCUT2D eigenvalue weighted by atomic mass is 16.4. The van der Waals surface area contributed by atoms with Gasteiger partial charge in [0.15, 0.2) is 0 Å². The summed E-state index contributed by atoms with van der Waals surface area (Å²) >= 11 is 0. The van der Waals surface area contributed by atoms with Crippen molar-refractivity contribution in [3.8, 4) is 0 Å². The minimum atomic E-state index is -0.428. The Kier molecular flexibility index (Phi) is 7.39. The Morgan fingerprint density at radius 1 is 1.07 bits per heavy atom. The molecule has 11 atom stereocenters. The molecule has 0 spiro atoms. The Balaban J connectivity index is 1.13. The molecule has 1 amide bonds. The van der Waals surface area contributed by atoms with E-state index in [2.05, 4.69) is 26.1 Å². The molecule has 4 aliphatic rings. The topological polar surface area (TPSA) is 120 Å². The molecule has 1 aromatic carbocycles. The van der Waals surface area contributed by atoms with Gasteiger partial charge in [-0.05, 0) is 122 Å². The molecule has 2 aromatic rings. The summed E-state index contributed by atoms with van der Waals surface area (Å²) in [7, 11) is 0. The molecule has 6 rings (SSSR count). The van der Waals surface area contributed by atoms with Crippen molar-refractivity contribution < 1.29 is 24.5 Å². The van der Waals surface area contributed by atoms with Crippen molar-refractivity contribution in [3.63, 3.8) is 0 Å². The Morgan fingerprint density at radius 3 is 2.63 bits per heavy atom. The molecule has 0 radical (unpaired) electrons. The van der Waals surface area contributed by atoms with Crippen LogP contribution < -0.4 is 10.9 Å². The first kappa shape index (κ1) is 28.9. The second kappa shape index (κ2) is 10.5. The normalized spacial score (nSPS) is 40.9. The summed E-state index contributed by atoms with van der Waals surface area (Å²) in [6.07, 6.45) is 6.09. The molecule has 4 saturated carbocycles. The van der Waals surface area contributed by atoms with Crippen molar-refractivity contribution in [2.24, 2.45) is 46.3 Å². The minimum Gasteiger partial charge on any atom is -0.423 e. The minimum absolute atomic E-state index is 0.0667. The van der Waals surface area contributed by atoms with Gasteiger partial charge in [0.2, 0.25) is 5.91 Å². The first-order chi connectivity index (χ1) is 19.4. The van der Waals surface area contributed by atoms with Crippen LogP contribution in [0.25, 0.3) is 11.0 Å². The highest BCUT2D eigenvalue weighted by Gasteiger charge is 2.65. The van der Waals surface area contributed by atoms with Gasteiger partial charge in [-0.2, -0.15) is 0 Å². The first-order valence-corrected chi connectivity index (χ1v) is 15.8. The number of aliphatic hydroxyl groups excluding tert-OH is 3. The largest absolute Gasteiger partial charge is 0.423 e. The quantitative estimate of drug-likeness (QED) is 0.360. The Morgan fingerprint density at radius 2 is 1.85 bits per heavy atom. The summed E-state index contributed by atoms with van der Waals surface area (Å²) in [5.41, 5.74) is 1.30. The molecular weight excluding hydrogens is 518 g/mol. The summed E-state index contributed by atoms with van der Waals surface area (Å²) < 4.78 is 5.33. The predicted molar refractivity (Wildman–Crippen MR) is 158 cm³/mol. The number of fused-ring (bicyclic) bond motifs is 6. The number of aliphatic hydroxyl groups is 3. The molecule has 7 nitrogen and oxygen atoms in total. The van der Waals surface area contributed by atoms with Crippen LogP contribution in [-0.4, -0.2) is 39.5 Å². The highest BCUT2D eigenvalue weighted by Crippen LogP contribution is 2.68. The SMILES string of the molecule is Cc1cc(=O)oc2cc(NC(=O)CC[C@@H](C)[C@H]3CC[C@H]4C5C(O)C[C@@H]6C[C@H](O)CC[C@]6(C)[C@H]5C[C@H](O)[C@]34C)ccc12. The molecule has 7 heteroatoms. The fraction of sp³-hybridized carbons (Fsp3) is 0.706. The van der Waals surface area contributed by atoms with Crippen LogP contribution in [0.15, 0.2) is 33.5 Å². The van der Waals surface area contributed by atoms with E-state index in [0.29, 0.717) is 29.5 Å². The van der Waals surface area contributed by atoms with E-state index in [0.717, 1.165) is 62.3 Å². The van der Waals surface area contributed by atoms with Crippen LogP contribution in [0, 0.1) is 53.3 Å². The molecule has 0 aliphatic heterocycles. The fourth-order valence-corrected chi connectivity index (χ4v) is 10.3. The lowest BCUT2D eigenvalue weighted by Gasteiger charge is -2.63. The van der Waals surface area contributed by atoms with Gasteiger partial charge in [-0.25, -0.2) is 4.79 Å². The molecule has 4 aliphatic carbocycles. The maximum atomic E-state index is 12.9. The average Bonchev–Trinajstić information content (AvgIpc) is 3.27. The average molecular weight is 566 g/mol. The fourth-order valence-electron chi connectivity index (χ4n) is 10.3. The summed E-state index contributed by atoms with van der Waals surface area (Å²) in [5, 5.41) is 37.4. The van der Waals surface area contributed by atoms with Crippen LogP contribution in [-0.2, 0) is 4.79 Å². The molecule has 224 valence electrons. The molecule has 4 fully saturated rings. The van der Waals surface area contributed by atoms with Crippen LogP contribution in [0.3, 0.4) is 0 Å². The van der Waals surface area contributed by atoms with Crippen molar-refractivity contribution in [1.82, 2.24) is 0 Å². The van der Waals surface area contributed by atoms with E-state index in [1.807, 2.05) is 19.1 Å². The zero-order valence-electron chi connectivity index (χ0n) is 24.9. The molecule has 0 bridgehead atoms. The standard InChI is InChI=1S/C34H47NO6/c1-18(5-10-30(39)35-21-6-7-23-19(2)13-31(40)41-28(23)16-21)24-8-9-25-32-26(17-29(38)34(24,25)4)33(3)12-11-22(36)14-20(33)15-27(32)37/h6-7,13,16,18,20,22,24-27,29,32,36-38H,5,8-12,14-15,17H2,1-4H3,(H,35,39)/t18-,20+,22-,24-,25+,26+,27?,29+,32?,33+,34-/m1/s1. The van der Waals surface area contributed by atoms with E-state index in [9.17, 15) is 24.9 Å². The molecule has 41 heavy (non-hydrogen) atoms. The van der Waals surface area contributed by atoms with Crippen molar-refractivity contribution >= 4 is 22.6 Å². The summed E-state index contributed by atoms with van der Waals surface area (Å²) in [6.45, 7) is 8.70. The number of anilines is 1. The van der Waals surface area contributed by atoms with Crippen molar-refractivity contribution in [3.05, 3.63) is 40.2 Å². The van der Waals surface area contributed by atoms with E-state index in [1.165, 1.54) is 6.07 Å². The molecule has 1 heterocycles. The number of benzene rings is 1. The second-order valence-electron chi connectivity index (χ2n) is 14.5. The number of aryl methyl sites for hydroxylation is 1. The van der Waals surface area contributed by atoms with E-state index >= 15 is 0 Å². The van der Waals surface area contributed by atoms with Gasteiger partial charge in [0, 0.05) is 29.6 Å². The predicted octanol–water partition coefficient (Wildman–Crippen LogP) is 5.42. The Labute approximate surface area is 242 Å². The van der Waals surface area contributed by atoms with Gasteiger partial charge in [-0.3, -0.25) is 4.79 Å². The number of hydrogen-bond acceptors (Lipinski definition) is 6. The molecular formula is C34H47NO6. The Hall–Kier alpha value is -2.22. The van der Waals surface area contributed by atoms with Gasteiger partial charge >= 0.3 is 5.63 Å². The first-order valence-electron chi connectivity index (χ1n) is 15.8. The third-order valence-electron chi connectivity index (χ3n) is 12.6. The zero-order valence-corrected chi connectivity index (χ0v) is 24.9. The van der Waals surface area contributed by atoms with Crippen molar-refractivity contribution in [1.29, 1.82) is 0 Å². The van der Waals surface area contributed by atoms with Crippen LogP contribution in [0.4, 0.5) is 5.69 Å². The van der Waals surface area contributed by atoms with E-state index < -0.39 is 11.7 Å². The second-order valence-corrected chi connectivity index (χ2v) is 14.5. The van der Waals surface area contributed by atoms with Gasteiger partial charge in [0.05, 0.1) is 18.3 Å². The maximum absolute atomic E-state index is 12.9. The van der Waals surface area contributed by atoms with Crippen LogP contribution in [0.1, 0.15) is 84.1 Å². The van der Waals surface area contributed by atoms with Gasteiger partial charge in [0.25, 0.3) is 0 Å². The smallest absolute Gasteiger partial charge is 0.336 e. The van der Waals surface area contributed by atoms with Crippen LogP contribution in [0.5, 0.6) is 0 Å². The van der Waals surface area contributed by atoms with Crippen molar-refractivity contribution in [2.75, 3.05) is 5.32 Å². The molecule has 0 saturated heterocycles. The number of carbonyl (C=O) groups is 1. The lowest BCUT2D eigenvalue weighted by molar-refractivity contribution is -0.207. The highest BCUT2D eigenvalue weighted by molar-refractivity contribution is 5.93. The number of rotatable bonds is 5. The Bertz CT molecular complexity index is 1370. The lowest BCUT2D eigenvalue weighted by atomic mass is 9.43. The summed E-state index contributed by atoms with van der Waals surface area (Å²) in [4.78, 5) is 24.7. The summed E-state index contributed by atoms with van der Waals surface area (Å²) in [6, 6.07) is 6.87.